The summed E-state index contributed by atoms with van der Waals surface area (Å²) < 4.78 is 18.0. The van der Waals surface area contributed by atoms with Crippen LogP contribution in [-0.2, 0) is 0 Å². The highest BCUT2D eigenvalue weighted by molar-refractivity contribution is 6.09. The first-order valence-corrected chi connectivity index (χ1v) is 13.7. The number of anilines is 5. The molecular weight excluding hydrogens is 524 g/mol. The van der Waals surface area contributed by atoms with E-state index in [0.717, 1.165) is 72.4 Å². The fourth-order valence-electron chi connectivity index (χ4n) is 6.11. The topological polar surface area (TPSA) is 71.7 Å². The first kappa shape index (κ1) is 22.9. The van der Waals surface area contributed by atoms with Gasteiger partial charge in [0.1, 0.15) is 12.0 Å². The number of nitrogens with zero attached hydrogens (tertiary/aromatic N) is 4. The Balaban J connectivity index is 1.29. The zero-order valence-corrected chi connectivity index (χ0v) is 22.5. The van der Waals surface area contributed by atoms with Gasteiger partial charge in [0, 0.05) is 30.3 Å². The van der Waals surface area contributed by atoms with Crippen molar-refractivity contribution in [3.8, 4) is 22.5 Å². The highest BCUT2D eigenvalue weighted by Gasteiger charge is 2.31. The van der Waals surface area contributed by atoms with Crippen LogP contribution < -0.4 is 9.80 Å². The van der Waals surface area contributed by atoms with Crippen LogP contribution in [0, 0.1) is 0 Å². The average Bonchev–Trinajstić information content (AvgIpc) is 3.76. The first-order chi connectivity index (χ1) is 20.7. The molecule has 42 heavy (non-hydrogen) atoms. The second-order valence-corrected chi connectivity index (χ2v) is 10.4. The predicted molar refractivity (Wildman–Crippen MR) is 165 cm³/mol. The van der Waals surface area contributed by atoms with Crippen LogP contribution in [0.2, 0.25) is 0 Å². The summed E-state index contributed by atoms with van der Waals surface area (Å²) in [6.45, 7) is 0. The third-order valence-electron chi connectivity index (χ3n) is 8.11. The Morgan fingerprint density at radius 3 is 2.43 bits per heavy atom. The van der Waals surface area contributed by atoms with Gasteiger partial charge in [0.25, 0.3) is 5.78 Å². The van der Waals surface area contributed by atoms with Crippen molar-refractivity contribution < 1.29 is 13.4 Å². The van der Waals surface area contributed by atoms with Gasteiger partial charge in [0.15, 0.2) is 5.58 Å². The number of furan rings is 2. The highest BCUT2D eigenvalue weighted by Crippen LogP contribution is 2.53. The monoisotopic (exact) mass is 546 g/mol. The van der Waals surface area contributed by atoms with Crippen molar-refractivity contribution in [2.75, 3.05) is 16.8 Å². The maximum atomic E-state index is 6.42. The molecule has 7 nitrogen and oxygen atoms in total. The normalized spacial score (nSPS) is 12.8. The molecule has 4 aromatic heterocycles. The van der Waals surface area contributed by atoms with Crippen molar-refractivity contribution in [1.82, 2.24) is 10.1 Å². The lowest BCUT2D eigenvalue weighted by atomic mass is 9.97. The SMILES string of the molecule is CN1c2ccccc2N(c2cc3c(-c4ccccn4)coc3o2)c2cc3c(-c4noc5ccccc45)cccc3cc21. The van der Waals surface area contributed by atoms with E-state index in [4.69, 9.17) is 13.4 Å². The van der Waals surface area contributed by atoms with Crippen LogP contribution >= 0.6 is 0 Å². The largest absolute Gasteiger partial charge is 0.433 e. The molecule has 0 aliphatic carbocycles. The van der Waals surface area contributed by atoms with Gasteiger partial charge < -0.3 is 18.3 Å². The van der Waals surface area contributed by atoms with E-state index in [1.54, 1.807) is 12.5 Å². The molecule has 7 heteroatoms. The molecule has 4 aromatic carbocycles. The lowest BCUT2D eigenvalue weighted by Gasteiger charge is -2.37. The maximum absolute atomic E-state index is 6.42. The Morgan fingerprint density at radius 1 is 0.667 bits per heavy atom. The zero-order chi connectivity index (χ0) is 27.8. The number of fused-ring (bicyclic) bond motifs is 5. The summed E-state index contributed by atoms with van der Waals surface area (Å²) in [5.41, 5.74) is 8.43. The van der Waals surface area contributed by atoms with Crippen molar-refractivity contribution >= 4 is 61.5 Å². The van der Waals surface area contributed by atoms with E-state index in [9.17, 15) is 0 Å². The predicted octanol–water partition coefficient (Wildman–Crippen LogP) is 9.60. The molecule has 0 spiro atoms. The van der Waals surface area contributed by atoms with Gasteiger partial charge >= 0.3 is 0 Å². The fourth-order valence-corrected chi connectivity index (χ4v) is 6.11. The molecule has 200 valence electrons. The summed E-state index contributed by atoms with van der Waals surface area (Å²) in [4.78, 5) is 8.92. The molecular formula is C35H22N4O3. The van der Waals surface area contributed by atoms with Gasteiger partial charge in [-0.1, -0.05) is 53.7 Å². The van der Waals surface area contributed by atoms with Gasteiger partial charge in [0.05, 0.1) is 39.4 Å². The second kappa shape index (κ2) is 8.59. The molecule has 0 bridgehead atoms. The minimum Gasteiger partial charge on any atom is -0.433 e. The van der Waals surface area contributed by atoms with E-state index in [1.165, 1.54) is 0 Å². The fraction of sp³-hybridized carbons (Fsp3) is 0.0286. The van der Waals surface area contributed by atoms with Crippen LogP contribution in [0.1, 0.15) is 0 Å². The molecule has 5 heterocycles. The van der Waals surface area contributed by atoms with E-state index in [1.807, 2.05) is 54.6 Å². The lowest BCUT2D eigenvalue weighted by molar-refractivity contribution is 0.459. The minimum atomic E-state index is 0.458. The summed E-state index contributed by atoms with van der Waals surface area (Å²) in [6.07, 6.45) is 3.48. The number of aromatic nitrogens is 2. The van der Waals surface area contributed by atoms with Gasteiger partial charge in [-0.15, -0.1) is 0 Å². The Morgan fingerprint density at radius 2 is 1.52 bits per heavy atom. The Bertz CT molecular complexity index is 2300. The van der Waals surface area contributed by atoms with Crippen molar-refractivity contribution in [2.24, 2.45) is 0 Å². The van der Waals surface area contributed by atoms with Crippen LogP contribution in [-0.4, -0.2) is 17.2 Å². The molecule has 1 aliphatic heterocycles. The molecule has 8 aromatic rings. The smallest absolute Gasteiger partial charge is 0.299 e. The molecule has 0 N–H and O–H groups in total. The first-order valence-electron chi connectivity index (χ1n) is 13.7. The summed E-state index contributed by atoms with van der Waals surface area (Å²) in [5, 5.41) is 8.51. The number of para-hydroxylation sites is 3. The quantitative estimate of drug-likeness (QED) is 0.218. The zero-order valence-electron chi connectivity index (χ0n) is 22.5. The molecule has 0 saturated heterocycles. The molecule has 0 radical (unpaired) electrons. The third kappa shape index (κ3) is 3.22. The van der Waals surface area contributed by atoms with Crippen molar-refractivity contribution in [2.45, 2.75) is 0 Å². The molecule has 0 saturated carbocycles. The summed E-state index contributed by atoms with van der Waals surface area (Å²) in [7, 11) is 2.10. The summed E-state index contributed by atoms with van der Waals surface area (Å²) in [6, 6.07) is 34.9. The van der Waals surface area contributed by atoms with Gasteiger partial charge in [0.2, 0.25) is 5.88 Å². The molecule has 0 atom stereocenters. The summed E-state index contributed by atoms with van der Waals surface area (Å²) >= 11 is 0. The standard InChI is InChI=1S/C35H22N4O3/c1-38-28-13-3-4-14-29(28)39(33-19-25-26(20-40-35(25)41-33)27-12-6-7-16-36-27)31-18-24-21(17-30(31)38)9-8-11-22(24)34-23-10-2-5-15-32(23)42-37-34/h2-20H,1H3. The number of hydrogen-bond donors (Lipinski definition) is 0. The van der Waals surface area contributed by atoms with E-state index < -0.39 is 0 Å². The van der Waals surface area contributed by atoms with Crippen LogP contribution in [0.5, 0.6) is 0 Å². The Labute approximate surface area is 239 Å². The number of benzene rings is 4. The molecule has 0 unspecified atom stereocenters. The van der Waals surface area contributed by atoms with Crippen molar-refractivity contribution in [1.29, 1.82) is 0 Å². The van der Waals surface area contributed by atoms with E-state index in [0.29, 0.717) is 11.7 Å². The third-order valence-corrected chi connectivity index (χ3v) is 8.11. The number of rotatable bonds is 3. The summed E-state index contributed by atoms with van der Waals surface area (Å²) in [5.74, 6) is 1.12. The van der Waals surface area contributed by atoms with Gasteiger partial charge in [-0.25, -0.2) is 0 Å². The molecule has 9 rings (SSSR count). The van der Waals surface area contributed by atoms with Gasteiger partial charge in [-0.05, 0) is 59.3 Å². The molecule has 1 aliphatic rings. The van der Waals surface area contributed by atoms with Crippen molar-refractivity contribution in [3.63, 3.8) is 0 Å². The highest BCUT2D eigenvalue weighted by atomic mass is 16.5. The Kier molecular flexibility index (Phi) is 4.69. The lowest BCUT2D eigenvalue weighted by Crippen LogP contribution is -2.23. The molecule has 0 amide bonds. The molecule has 0 fully saturated rings. The van der Waals surface area contributed by atoms with Crippen LogP contribution in [0.25, 0.3) is 55.4 Å². The average molecular weight is 547 g/mol. The number of pyridine rings is 1. The van der Waals surface area contributed by atoms with Crippen LogP contribution in [0.15, 0.2) is 129 Å². The number of hydrogen-bond acceptors (Lipinski definition) is 7. The van der Waals surface area contributed by atoms with E-state index in [-0.39, 0.29) is 0 Å². The Hall–Kier alpha value is -5.82. The van der Waals surface area contributed by atoms with Gasteiger partial charge in [-0.2, -0.15) is 0 Å². The van der Waals surface area contributed by atoms with Gasteiger partial charge in [-0.3, -0.25) is 9.88 Å². The van der Waals surface area contributed by atoms with Crippen LogP contribution in [0.3, 0.4) is 0 Å². The second-order valence-electron chi connectivity index (χ2n) is 10.4. The minimum absolute atomic E-state index is 0.458. The maximum Gasteiger partial charge on any atom is 0.299 e. The van der Waals surface area contributed by atoms with Crippen molar-refractivity contribution in [3.05, 3.63) is 116 Å². The van der Waals surface area contributed by atoms with Crippen LogP contribution in [0.4, 0.5) is 28.6 Å². The van der Waals surface area contributed by atoms with E-state index >= 15 is 0 Å². The van der Waals surface area contributed by atoms with E-state index in [2.05, 4.69) is 75.5 Å².